The Hall–Kier alpha value is -1.36. The van der Waals surface area contributed by atoms with E-state index in [4.69, 9.17) is 14.2 Å². The number of fused-ring (bicyclic) bond motifs is 1. The number of carbonyl (C=O) groups excluding carboxylic acids is 1. The van der Waals surface area contributed by atoms with Crippen molar-refractivity contribution in [3.63, 3.8) is 0 Å². The lowest BCUT2D eigenvalue weighted by Crippen LogP contribution is -2.18. The number of rotatable bonds is 4. The average molecular weight is 268 g/mol. The van der Waals surface area contributed by atoms with Gasteiger partial charge in [0.25, 0.3) is 0 Å². The maximum Gasteiger partial charge on any atom is 0.319 e. The highest BCUT2D eigenvalue weighted by atomic mass is 32.2. The van der Waals surface area contributed by atoms with Gasteiger partial charge in [-0.15, -0.1) is 11.8 Å². The van der Waals surface area contributed by atoms with Gasteiger partial charge in [0.15, 0.2) is 11.5 Å². The minimum Gasteiger partial charge on any atom is -0.486 e. The molecule has 1 heterocycles. The molecule has 0 fully saturated rings. The zero-order valence-electron chi connectivity index (χ0n) is 10.5. The topological polar surface area (TPSA) is 44.8 Å². The van der Waals surface area contributed by atoms with Crippen LogP contribution in [0.4, 0.5) is 0 Å². The first-order valence-corrected chi connectivity index (χ1v) is 6.76. The first-order valence-electron chi connectivity index (χ1n) is 5.88. The van der Waals surface area contributed by atoms with Crippen LogP contribution in [0.1, 0.15) is 13.3 Å². The fraction of sp³-hybridized carbons (Fsp3) is 0.462. The fourth-order valence-electron chi connectivity index (χ4n) is 1.69. The highest BCUT2D eigenvalue weighted by molar-refractivity contribution is 8.00. The lowest BCUT2D eigenvalue weighted by molar-refractivity contribution is -0.140. The number of carbonyl (C=O) groups is 1. The number of thioether (sulfide) groups is 1. The number of hydrogen-bond donors (Lipinski definition) is 0. The molecular formula is C13H16O4S. The number of hydrogen-bond acceptors (Lipinski definition) is 5. The van der Waals surface area contributed by atoms with Gasteiger partial charge in [-0.3, -0.25) is 4.79 Å². The third-order valence-corrected chi connectivity index (χ3v) is 3.96. The molecule has 0 saturated carbocycles. The van der Waals surface area contributed by atoms with Crippen molar-refractivity contribution in [1.29, 1.82) is 0 Å². The summed E-state index contributed by atoms with van der Waals surface area (Å²) in [5, 5.41) is -0.183. The van der Waals surface area contributed by atoms with Crippen molar-refractivity contribution in [2.45, 2.75) is 23.5 Å². The van der Waals surface area contributed by atoms with Crippen LogP contribution in [0.5, 0.6) is 11.5 Å². The van der Waals surface area contributed by atoms with Gasteiger partial charge in [0, 0.05) is 4.90 Å². The molecule has 0 radical (unpaired) electrons. The van der Waals surface area contributed by atoms with E-state index in [1.807, 2.05) is 25.1 Å². The minimum atomic E-state index is -0.197. The summed E-state index contributed by atoms with van der Waals surface area (Å²) in [5.74, 6) is 1.31. The van der Waals surface area contributed by atoms with Gasteiger partial charge >= 0.3 is 5.97 Å². The van der Waals surface area contributed by atoms with Crippen LogP contribution in [-0.4, -0.2) is 31.5 Å². The Morgan fingerprint density at radius 1 is 1.39 bits per heavy atom. The molecule has 0 bridgehead atoms. The molecule has 0 N–H and O–H groups in total. The van der Waals surface area contributed by atoms with Crippen LogP contribution in [0.2, 0.25) is 0 Å². The van der Waals surface area contributed by atoms with Crippen molar-refractivity contribution in [3.8, 4) is 11.5 Å². The zero-order valence-corrected chi connectivity index (χ0v) is 11.3. The highest BCUT2D eigenvalue weighted by Gasteiger charge is 2.20. The molecule has 5 heteroatoms. The van der Waals surface area contributed by atoms with E-state index in [1.165, 1.54) is 18.9 Å². The van der Waals surface area contributed by atoms with Gasteiger partial charge in [-0.1, -0.05) is 6.92 Å². The van der Waals surface area contributed by atoms with Crippen LogP contribution < -0.4 is 9.47 Å². The maximum atomic E-state index is 11.5. The lowest BCUT2D eigenvalue weighted by Gasteiger charge is -2.19. The van der Waals surface area contributed by atoms with Gasteiger partial charge in [-0.05, 0) is 24.6 Å². The number of esters is 1. The second-order valence-corrected chi connectivity index (χ2v) is 5.12. The predicted octanol–water partition coefficient (Wildman–Crippen LogP) is 2.50. The summed E-state index contributed by atoms with van der Waals surface area (Å²) < 4.78 is 15.7. The molecule has 0 aromatic heterocycles. The van der Waals surface area contributed by atoms with E-state index in [-0.39, 0.29) is 11.2 Å². The number of benzene rings is 1. The molecule has 4 nitrogen and oxygen atoms in total. The Labute approximate surface area is 111 Å². The Morgan fingerprint density at radius 3 is 2.78 bits per heavy atom. The molecule has 0 amide bonds. The molecule has 0 spiro atoms. The van der Waals surface area contributed by atoms with Gasteiger partial charge in [0.1, 0.15) is 18.5 Å². The van der Waals surface area contributed by atoms with Crippen LogP contribution in [0.15, 0.2) is 23.1 Å². The third-order valence-electron chi connectivity index (χ3n) is 2.63. The molecule has 1 atom stereocenters. The molecule has 2 rings (SSSR count). The summed E-state index contributed by atoms with van der Waals surface area (Å²) in [7, 11) is 1.41. The fourth-order valence-corrected chi connectivity index (χ4v) is 2.70. The van der Waals surface area contributed by atoms with E-state index in [9.17, 15) is 4.79 Å². The van der Waals surface area contributed by atoms with Crippen molar-refractivity contribution in [3.05, 3.63) is 18.2 Å². The Morgan fingerprint density at radius 2 is 2.11 bits per heavy atom. The molecule has 1 aromatic rings. The monoisotopic (exact) mass is 268 g/mol. The smallest absolute Gasteiger partial charge is 0.319 e. The summed E-state index contributed by atoms with van der Waals surface area (Å²) in [5.41, 5.74) is 0. The standard InChI is InChI=1S/C13H16O4S/c1-3-12(13(14)15-2)18-9-4-5-10-11(8-9)17-7-6-16-10/h4-5,8,12H,3,6-7H2,1-2H3. The molecule has 98 valence electrons. The lowest BCUT2D eigenvalue weighted by atomic mass is 10.3. The molecule has 1 aliphatic rings. The van der Waals surface area contributed by atoms with E-state index in [0.717, 1.165) is 22.8 Å². The van der Waals surface area contributed by atoms with Crippen LogP contribution in [0.3, 0.4) is 0 Å². The van der Waals surface area contributed by atoms with Gasteiger partial charge in [-0.25, -0.2) is 0 Å². The first-order chi connectivity index (χ1) is 8.74. The second-order valence-electron chi connectivity index (χ2n) is 3.84. The molecule has 1 aromatic carbocycles. The second kappa shape index (κ2) is 6.00. The summed E-state index contributed by atoms with van der Waals surface area (Å²) >= 11 is 1.48. The Balaban J connectivity index is 2.11. The molecule has 1 aliphatic heterocycles. The Bertz CT molecular complexity index is 433. The van der Waals surface area contributed by atoms with Crippen molar-refractivity contribution in [1.82, 2.24) is 0 Å². The van der Waals surface area contributed by atoms with Crippen LogP contribution in [-0.2, 0) is 9.53 Å². The van der Waals surface area contributed by atoms with Gasteiger partial charge in [0.05, 0.1) is 7.11 Å². The summed E-state index contributed by atoms with van der Waals surface area (Å²) in [6.45, 7) is 3.11. The summed E-state index contributed by atoms with van der Waals surface area (Å²) in [4.78, 5) is 12.5. The van der Waals surface area contributed by atoms with E-state index in [2.05, 4.69) is 0 Å². The van der Waals surface area contributed by atoms with E-state index in [0.29, 0.717) is 13.2 Å². The molecule has 18 heavy (non-hydrogen) atoms. The average Bonchev–Trinajstić information content (AvgIpc) is 2.43. The Kier molecular flexibility index (Phi) is 4.36. The van der Waals surface area contributed by atoms with E-state index in [1.54, 1.807) is 0 Å². The largest absolute Gasteiger partial charge is 0.486 e. The van der Waals surface area contributed by atoms with E-state index >= 15 is 0 Å². The van der Waals surface area contributed by atoms with Crippen molar-refractivity contribution in [2.75, 3.05) is 20.3 Å². The van der Waals surface area contributed by atoms with Crippen LogP contribution >= 0.6 is 11.8 Å². The van der Waals surface area contributed by atoms with Gasteiger partial charge < -0.3 is 14.2 Å². The van der Waals surface area contributed by atoms with Crippen LogP contribution in [0.25, 0.3) is 0 Å². The van der Waals surface area contributed by atoms with Gasteiger partial charge in [-0.2, -0.15) is 0 Å². The summed E-state index contributed by atoms with van der Waals surface area (Å²) in [6, 6.07) is 5.72. The number of methoxy groups -OCH3 is 1. The first kappa shape index (κ1) is 13.1. The zero-order chi connectivity index (χ0) is 13.0. The van der Waals surface area contributed by atoms with E-state index < -0.39 is 0 Å². The molecular weight excluding hydrogens is 252 g/mol. The van der Waals surface area contributed by atoms with Crippen LogP contribution in [0, 0.1) is 0 Å². The normalized spacial score (nSPS) is 15.0. The molecule has 0 aliphatic carbocycles. The van der Waals surface area contributed by atoms with Gasteiger partial charge in [0.2, 0.25) is 0 Å². The maximum absolute atomic E-state index is 11.5. The van der Waals surface area contributed by atoms with Crippen molar-refractivity contribution in [2.24, 2.45) is 0 Å². The summed E-state index contributed by atoms with van der Waals surface area (Å²) in [6.07, 6.45) is 0.728. The number of ether oxygens (including phenoxy) is 3. The SMILES string of the molecule is CCC(Sc1ccc2c(c1)OCCO2)C(=O)OC. The van der Waals surface area contributed by atoms with Crippen molar-refractivity contribution >= 4 is 17.7 Å². The minimum absolute atomic E-state index is 0.183. The van der Waals surface area contributed by atoms with Crippen molar-refractivity contribution < 1.29 is 19.0 Å². The molecule has 0 saturated heterocycles. The molecule has 1 unspecified atom stereocenters. The highest BCUT2D eigenvalue weighted by Crippen LogP contribution is 2.36. The third kappa shape index (κ3) is 2.90. The quantitative estimate of drug-likeness (QED) is 0.620. The predicted molar refractivity (Wildman–Crippen MR) is 69.4 cm³/mol.